The Morgan fingerprint density at radius 1 is 0.953 bits per heavy atom. The molecule has 0 fully saturated rings. The van der Waals surface area contributed by atoms with Crippen LogP contribution >= 0.6 is 11.8 Å². The summed E-state index contributed by atoms with van der Waals surface area (Å²) in [7, 11) is 1.59. The van der Waals surface area contributed by atoms with Gasteiger partial charge < -0.3 is 25.0 Å². The number of thioether (sulfide) groups is 1. The van der Waals surface area contributed by atoms with Crippen LogP contribution < -0.4 is 15.4 Å². The number of nitrogens with one attached hydrogen (secondary N) is 2. The molecule has 8 nitrogen and oxygen atoms in total. The summed E-state index contributed by atoms with van der Waals surface area (Å²) in [4.78, 5) is 43.1. The predicted octanol–water partition coefficient (Wildman–Crippen LogP) is 7.44. The summed E-state index contributed by atoms with van der Waals surface area (Å²) < 4.78 is 10.8. The van der Waals surface area contributed by atoms with Crippen LogP contribution in [-0.4, -0.2) is 60.1 Å². The van der Waals surface area contributed by atoms with E-state index in [1.54, 1.807) is 68.8 Å². The molecule has 0 radical (unpaired) electrons. The van der Waals surface area contributed by atoms with Crippen molar-refractivity contribution in [3.05, 3.63) is 59.2 Å². The molecule has 0 aliphatic rings. The highest BCUT2D eigenvalue weighted by Crippen LogP contribution is 2.28. The van der Waals surface area contributed by atoms with E-state index < -0.39 is 23.8 Å². The number of aryl methyl sites for hydroxylation is 2. The van der Waals surface area contributed by atoms with Crippen LogP contribution in [0, 0.1) is 13.8 Å². The zero-order valence-electron chi connectivity index (χ0n) is 27.2. The SMILES string of the molecule is CCCCCCCN(C(=O)C(CCSC)NC(=O)OC(C)(C)C)C(C(=O)Nc1ccc(OC)cc1)c1ccc(C)c(C)c1. The fraction of sp³-hybridized carbons (Fsp3) is 0.559. The van der Waals surface area contributed by atoms with E-state index >= 15 is 0 Å². The molecule has 0 bridgehead atoms. The van der Waals surface area contributed by atoms with Crippen molar-refractivity contribution < 1.29 is 23.9 Å². The van der Waals surface area contributed by atoms with Crippen LogP contribution in [0.4, 0.5) is 10.5 Å². The molecule has 43 heavy (non-hydrogen) atoms. The standard InChI is InChI=1S/C34H51N3O5S/c1-9-10-11-12-13-21-37(32(39)29(20-22-43-8)36-33(40)42-34(4,5)6)30(26-15-14-24(2)25(3)23-26)31(38)35-27-16-18-28(41-7)19-17-27/h14-19,23,29-30H,9-13,20-22H2,1-8H3,(H,35,38)(H,36,40). The number of anilines is 1. The monoisotopic (exact) mass is 613 g/mol. The lowest BCUT2D eigenvalue weighted by atomic mass is 9.97. The van der Waals surface area contributed by atoms with Gasteiger partial charge in [0.1, 0.15) is 23.4 Å². The quantitative estimate of drug-likeness (QED) is 0.191. The number of amides is 3. The summed E-state index contributed by atoms with van der Waals surface area (Å²) >= 11 is 1.59. The van der Waals surface area contributed by atoms with Gasteiger partial charge in [-0.05, 0) is 100 Å². The van der Waals surface area contributed by atoms with E-state index in [9.17, 15) is 14.4 Å². The maximum atomic E-state index is 14.4. The van der Waals surface area contributed by atoms with Gasteiger partial charge in [0.15, 0.2) is 0 Å². The van der Waals surface area contributed by atoms with Crippen molar-refractivity contribution in [2.24, 2.45) is 0 Å². The molecule has 2 atom stereocenters. The summed E-state index contributed by atoms with van der Waals surface area (Å²) in [5.74, 6) is 0.709. The zero-order valence-corrected chi connectivity index (χ0v) is 28.1. The fourth-order valence-corrected chi connectivity index (χ4v) is 5.16. The molecule has 0 heterocycles. The number of methoxy groups -OCH3 is 1. The molecule has 0 aromatic heterocycles. The third-order valence-corrected chi connectivity index (χ3v) is 7.79. The predicted molar refractivity (Wildman–Crippen MR) is 177 cm³/mol. The number of carbonyl (C=O) groups is 3. The second-order valence-corrected chi connectivity index (χ2v) is 12.9. The Hall–Kier alpha value is -3.20. The van der Waals surface area contributed by atoms with Crippen molar-refractivity contribution in [1.29, 1.82) is 0 Å². The van der Waals surface area contributed by atoms with Crippen LogP contribution in [0.5, 0.6) is 5.75 Å². The first kappa shape index (κ1) is 36.0. The number of carbonyl (C=O) groups excluding carboxylic acids is 3. The number of hydrogen-bond donors (Lipinski definition) is 2. The highest BCUT2D eigenvalue weighted by Gasteiger charge is 2.36. The van der Waals surface area contributed by atoms with Gasteiger partial charge in [-0.25, -0.2) is 4.79 Å². The molecule has 0 aliphatic heterocycles. The molecule has 0 saturated carbocycles. The average Bonchev–Trinajstić information content (AvgIpc) is 2.95. The molecule has 2 aromatic rings. The summed E-state index contributed by atoms with van der Waals surface area (Å²) in [6.45, 7) is 11.9. The lowest BCUT2D eigenvalue weighted by Crippen LogP contribution is -2.52. The molecule has 2 N–H and O–H groups in total. The normalized spacial score (nSPS) is 12.7. The average molecular weight is 614 g/mol. The number of unbranched alkanes of at least 4 members (excludes halogenated alkanes) is 4. The maximum Gasteiger partial charge on any atom is 0.408 e. The summed E-state index contributed by atoms with van der Waals surface area (Å²) in [5, 5.41) is 5.84. The molecule has 3 amide bonds. The molecule has 0 saturated heterocycles. The van der Waals surface area contributed by atoms with Crippen molar-refractivity contribution >= 4 is 35.4 Å². The molecular weight excluding hydrogens is 562 g/mol. The van der Waals surface area contributed by atoms with Gasteiger partial charge in [-0.3, -0.25) is 9.59 Å². The van der Waals surface area contributed by atoms with E-state index in [0.29, 0.717) is 30.2 Å². The van der Waals surface area contributed by atoms with Gasteiger partial charge in [-0.1, -0.05) is 50.8 Å². The molecule has 238 valence electrons. The first-order chi connectivity index (χ1) is 20.4. The summed E-state index contributed by atoms with van der Waals surface area (Å²) in [5.41, 5.74) is 2.73. The number of benzene rings is 2. The maximum absolute atomic E-state index is 14.4. The summed E-state index contributed by atoms with van der Waals surface area (Å²) in [6, 6.07) is 11.2. The van der Waals surface area contributed by atoms with Gasteiger partial charge >= 0.3 is 6.09 Å². The van der Waals surface area contributed by atoms with E-state index in [2.05, 4.69) is 17.6 Å². The second kappa shape index (κ2) is 17.8. The number of rotatable bonds is 16. The topological polar surface area (TPSA) is 97.0 Å². The Morgan fingerprint density at radius 3 is 2.21 bits per heavy atom. The van der Waals surface area contributed by atoms with Gasteiger partial charge in [0.05, 0.1) is 7.11 Å². The van der Waals surface area contributed by atoms with Gasteiger partial charge in [0, 0.05) is 12.2 Å². The second-order valence-electron chi connectivity index (χ2n) is 11.9. The van der Waals surface area contributed by atoms with E-state index in [1.165, 1.54) is 0 Å². The lowest BCUT2D eigenvalue weighted by molar-refractivity contribution is -0.141. The van der Waals surface area contributed by atoms with Gasteiger partial charge in [0.2, 0.25) is 5.91 Å². The van der Waals surface area contributed by atoms with Gasteiger partial charge in [-0.15, -0.1) is 0 Å². The fourth-order valence-electron chi connectivity index (χ4n) is 4.69. The van der Waals surface area contributed by atoms with Crippen molar-refractivity contribution in [2.75, 3.05) is 31.0 Å². The Labute approximate surface area is 262 Å². The lowest BCUT2D eigenvalue weighted by Gasteiger charge is -2.35. The minimum Gasteiger partial charge on any atom is -0.497 e. The molecule has 0 aliphatic carbocycles. The van der Waals surface area contributed by atoms with E-state index in [1.807, 2.05) is 38.3 Å². The van der Waals surface area contributed by atoms with Crippen molar-refractivity contribution in [1.82, 2.24) is 10.2 Å². The third kappa shape index (κ3) is 12.1. The molecule has 2 unspecified atom stereocenters. The minimum absolute atomic E-state index is 0.302. The number of alkyl carbamates (subject to hydrolysis) is 1. The molecule has 2 rings (SSSR count). The minimum atomic E-state index is -0.905. The zero-order chi connectivity index (χ0) is 32.0. The first-order valence-corrected chi connectivity index (χ1v) is 16.6. The van der Waals surface area contributed by atoms with Crippen LogP contribution in [0.1, 0.15) is 89.0 Å². The number of hydrogen-bond acceptors (Lipinski definition) is 6. The third-order valence-electron chi connectivity index (χ3n) is 7.15. The highest BCUT2D eigenvalue weighted by molar-refractivity contribution is 7.98. The Balaban J connectivity index is 2.54. The van der Waals surface area contributed by atoms with Crippen molar-refractivity contribution in [2.45, 2.75) is 97.8 Å². The van der Waals surface area contributed by atoms with Crippen LogP contribution in [0.2, 0.25) is 0 Å². The first-order valence-electron chi connectivity index (χ1n) is 15.2. The van der Waals surface area contributed by atoms with E-state index in [4.69, 9.17) is 9.47 Å². The highest BCUT2D eigenvalue weighted by atomic mass is 32.2. The molecular formula is C34H51N3O5S. The van der Waals surface area contributed by atoms with Gasteiger partial charge in [0.25, 0.3) is 5.91 Å². The smallest absolute Gasteiger partial charge is 0.408 e. The Bertz CT molecular complexity index is 1180. The van der Waals surface area contributed by atoms with Gasteiger partial charge in [-0.2, -0.15) is 11.8 Å². The molecule has 9 heteroatoms. The molecule has 0 spiro atoms. The Kier molecular flexibility index (Phi) is 14.9. The van der Waals surface area contributed by atoms with Crippen LogP contribution in [0.3, 0.4) is 0 Å². The van der Waals surface area contributed by atoms with Crippen LogP contribution in [0.15, 0.2) is 42.5 Å². The Morgan fingerprint density at radius 2 is 1.63 bits per heavy atom. The van der Waals surface area contributed by atoms with Crippen LogP contribution in [0.25, 0.3) is 0 Å². The number of ether oxygens (including phenoxy) is 2. The number of nitrogens with zero attached hydrogens (tertiary/aromatic N) is 1. The van der Waals surface area contributed by atoms with E-state index in [0.717, 1.165) is 48.8 Å². The largest absolute Gasteiger partial charge is 0.497 e. The van der Waals surface area contributed by atoms with Crippen LogP contribution in [-0.2, 0) is 14.3 Å². The van der Waals surface area contributed by atoms with Crippen molar-refractivity contribution in [3.63, 3.8) is 0 Å². The van der Waals surface area contributed by atoms with Crippen molar-refractivity contribution in [3.8, 4) is 5.75 Å². The summed E-state index contributed by atoms with van der Waals surface area (Å²) in [6.07, 6.45) is 6.66. The molecule has 2 aromatic carbocycles. The van der Waals surface area contributed by atoms with E-state index in [-0.39, 0.29) is 11.8 Å².